The normalized spacial score (nSPS) is 11.8. The number of aromatic nitrogens is 8. The SMILES string of the molecule is Nc1nc(-n2cncn2)nc(-n2cc(C(F)(F)F)cn2)n1. The fraction of sp³-hybridized carbons (Fsp3) is 0.111. The van der Waals surface area contributed by atoms with E-state index in [4.69, 9.17) is 5.73 Å². The largest absolute Gasteiger partial charge is 0.419 e. The molecule has 3 rings (SSSR count). The van der Waals surface area contributed by atoms with Crippen LogP contribution in [-0.2, 0) is 6.18 Å². The summed E-state index contributed by atoms with van der Waals surface area (Å²) in [4.78, 5) is 15.2. The van der Waals surface area contributed by atoms with E-state index in [-0.39, 0.29) is 17.8 Å². The van der Waals surface area contributed by atoms with Gasteiger partial charge in [-0.3, -0.25) is 0 Å². The Balaban J connectivity index is 2.05. The lowest BCUT2D eigenvalue weighted by atomic mass is 10.4. The smallest absolute Gasteiger partial charge is 0.368 e. The number of anilines is 1. The molecule has 0 spiro atoms. The second-order valence-corrected chi connectivity index (χ2v) is 3.80. The van der Waals surface area contributed by atoms with Gasteiger partial charge in [0, 0.05) is 6.20 Å². The third kappa shape index (κ3) is 2.50. The van der Waals surface area contributed by atoms with Gasteiger partial charge < -0.3 is 5.73 Å². The van der Waals surface area contributed by atoms with Crippen LogP contribution in [0.25, 0.3) is 11.9 Å². The molecule has 0 aliphatic carbocycles. The molecule has 0 amide bonds. The molecule has 0 saturated heterocycles. The molecule has 0 unspecified atom stereocenters. The standard InChI is InChI=1S/C9H6F3N9/c10-9(11,12)5-1-15-20(2-5)7-17-6(13)18-8(19-7)21-4-14-3-16-21/h1-4H,(H2,13,17,18,19). The molecule has 3 aromatic rings. The zero-order valence-electron chi connectivity index (χ0n) is 10.1. The second kappa shape index (κ2) is 4.50. The summed E-state index contributed by atoms with van der Waals surface area (Å²) in [6.45, 7) is 0. The predicted octanol–water partition coefficient (Wildman–Crippen LogP) is 0.239. The predicted molar refractivity (Wildman–Crippen MR) is 61.3 cm³/mol. The average molecular weight is 297 g/mol. The van der Waals surface area contributed by atoms with Gasteiger partial charge in [0.15, 0.2) is 0 Å². The first-order valence-corrected chi connectivity index (χ1v) is 5.42. The zero-order chi connectivity index (χ0) is 15.0. The van der Waals surface area contributed by atoms with Crippen molar-refractivity contribution in [3.63, 3.8) is 0 Å². The molecule has 0 aliphatic rings. The van der Waals surface area contributed by atoms with Crippen molar-refractivity contribution in [3.8, 4) is 11.9 Å². The van der Waals surface area contributed by atoms with Crippen molar-refractivity contribution < 1.29 is 13.2 Å². The van der Waals surface area contributed by atoms with Gasteiger partial charge in [-0.1, -0.05) is 0 Å². The number of alkyl halides is 3. The minimum Gasteiger partial charge on any atom is -0.368 e. The minimum absolute atomic E-state index is 0.0130. The van der Waals surface area contributed by atoms with E-state index in [9.17, 15) is 13.2 Å². The summed E-state index contributed by atoms with van der Waals surface area (Å²) < 4.78 is 39.7. The van der Waals surface area contributed by atoms with E-state index in [1.165, 1.54) is 17.3 Å². The number of nitrogens with zero attached hydrogens (tertiary/aromatic N) is 8. The van der Waals surface area contributed by atoms with Crippen molar-refractivity contribution in [2.24, 2.45) is 0 Å². The van der Waals surface area contributed by atoms with E-state index in [0.29, 0.717) is 6.20 Å². The van der Waals surface area contributed by atoms with Gasteiger partial charge in [0.25, 0.3) is 11.9 Å². The minimum atomic E-state index is -4.51. The molecule has 0 saturated carbocycles. The summed E-state index contributed by atoms with van der Waals surface area (Å²) in [5, 5.41) is 7.35. The Kier molecular flexibility index (Phi) is 2.78. The van der Waals surface area contributed by atoms with Gasteiger partial charge >= 0.3 is 6.18 Å². The fourth-order valence-electron chi connectivity index (χ4n) is 1.46. The maximum atomic E-state index is 12.5. The van der Waals surface area contributed by atoms with E-state index in [2.05, 4.69) is 30.1 Å². The van der Waals surface area contributed by atoms with Gasteiger partial charge in [0.1, 0.15) is 12.7 Å². The summed E-state index contributed by atoms with van der Waals surface area (Å²) in [5.41, 5.74) is 4.58. The van der Waals surface area contributed by atoms with Crippen LogP contribution in [-0.4, -0.2) is 39.5 Å². The Morgan fingerprint density at radius 1 is 1.00 bits per heavy atom. The number of halogens is 3. The summed E-state index contributed by atoms with van der Waals surface area (Å²) in [7, 11) is 0. The number of rotatable bonds is 2. The van der Waals surface area contributed by atoms with Crippen LogP contribution in [0.1, 0.15) is 5.56 Å². The van der Waals surface area contributed by atoms with Gasteiger partial charge in [-0.25, -0.2) is 9.67 Å². The number of hydrogen-bond acceptors (Lipinski definition) is 7. The van der Waals surface area contributed by atoms with Crippen LogP contribution in [0.3, 0.4) is 0 Å². The van der Waals surface area contributed by atoms with Crippen molar-refractivity contribution >= 4 is 5.95 Å². The lowest BCUT2D eigenvalue weighted by Gasteiger charge is -2.04. The number of nitrogens with two attached hydrogens (primary N) is 1. The molecule has 2 N–H and O–H groups in total. The van der Waals surface area contributed by atoms with Crippen LogP contribution in [0.15, 0.2) is 25.0 Å². The van der Waals surface area contributed by atoms with Crippen molar-refractivity contribution in [1.29, 1.82) is 0 Å². The van der Waals surface area contributed by atoms with Crippen LogP contribution in [0, 0.1) is 0 Å². The molecule has 12 heteroatoms. The molecular formula is C9H6F3N9. The first-order chi connectivity index (χ1) is 9.93. The van der Waals surface area contributed by atoms with Gasteiger partial charge in [-0.15, -0.1) is 0 Å². The Morgan fingerprint density at radius 2 is 1.71 bits per heavy atom. The monoisotopic (exact) mass is 297 g/mol. The van der Waals surface area contributed by atoms with Crippen LogP contribution in [0.4, 0.5) is 19.1 Å². The highest BCUT2D eigenvalue weighted by Crippen LogP contribution is 2.28. The summed E-state index contributed by atoms with van der Waals surface area (Å²) in [5.74, 6) is -0.336. The van der Waals surface area contributed by atoms with Crippen LogP contribution in [0.2, 0.25) is 0 Å². The molecule has 0 fully saturated rings. The van der Waals surface area contributed by atoms with Gasteiger partial charge in [0.05, 0.1) is 11.8 Å². The highest BCUT2D eigenvalue weighted by Gasteiger charge is 2.32. The quantitative estimate of drug-likeness (QED) is 0.720. The van der Waals surface area contributed by atoms with Crippen molar-refractivity contribution in [2.45, 2.75) is 6.18 Å². The second-order valence-electron chi connectivity index (χ2n) is 3.80. The highest BCUT2D eigenvalue weighted by molar-refractivity contribution is 5.28. The third-order valence-electron chi connectivity index (χ3n) is 2.37. The molecule has 0 bridgehead atoms. The molecule has 0 atom stereocenters. The topological polar surface area (TPSA) is 113 Å². The zero-order valence-corrected chi connectivity index (χ0v) is 10.1. The fourth-order valence-corrected chi connectivity index (χ4v) is 1.46. The molecular weight excluding hydrogens is 291 g/mol. The first kappa shape index (κ1) is 13.0. The Hall–Kier alpha value is -3.05. The lowest BCUT2D eigenvalue weighted by molar-refractivity contribution is -0.137. The van der Waals surface area contributed by atoms with Crippen LogP contribution in [0.5, 0.6) is 0 Å². The molecule has 108 valence electrons. The summed E-state index contributed by atoms with van der Waals surface area (Å²) in [6.07, 6.45) is -0.543. The van der Waals surface area contributed by atoms with E-state index in [1.807, 2.05) is 0 Å². The Labute approximate surface area is 114 Å². The van der Waals surface area contributed by atoms with E-state index >= 15 is 0 Å². The molecule has 0 aliphatic heterocycles. The third-order valence-corrected chi connectivity index (χ3v) is 2.37. The molecule has 3 aromatic heterocycles. The van der Waals surface area contributed by atoms with E-state index in [0.717, 1.165) is 10.9 Å². The number of nitrogen functional groups attached to an aromatic ring is 1. The van der Waals surface area contributed by atoms with E-state index in [1.54, 1.807) is 0 Å². The summed E-state index contributed by atoms with van der Waals surface area (Å²) >= 11 is 0. The van der Waals surface area contributed by atoms with Crippen molar-refractivity contribution in [1.82, 2.24) is 39.5 Å². The molecule has 9 nitrogen and oxygen atoms in total. The molecule has 0 radical (unpaired) electrons. The summed E-state index contributed by atoms with van der Waals surface area (Å²) in [6, 6.07) is 0. The lowest BCUT2D eigenvalue weighted by Crippen LogP contribution is -2.12. The number of hydrogen-bond donors (Lipinski definition) is 1. The highest BCUT2D eigenvalue weighted by atomic mass is 19.4. The maximum Gasteiger partial charge on any atom is 0.419 e. The molecule has 0 aromatic carbocycles. The average Bonchev–Trinajstić information content (AvgIpc) is 3.09. The van der Waals surface area contributed by atoms with E-state index < -0.39 is 11.7 Å². The first-order valence-electron chi connectivity index (χ1n) is 5.42. The maximum absolute atomic E-state index is 12.5. The Bertz CT molecular complexity index is 761. The van der Waals surface area contributed by atoms with Gasteiger partial charge in [-0.2, -0.15) is 43.0 Å². The molecule has 21 heavy (non-hydrogen) atoms. The van der Waals surface area contributed by atoms with Crippen LogP contribution < -0.4 is 5.73 Å². The van der Waals surface area contributed by atoms with Crippen LogP contribution >= 0.6 is 0 Å². The Morgan fingerprint density at radius 3 is 2.29 bits per heavy atom. The van der Waals surface area contributed by atoms with Gasteiger partial charge in [0.2, 0.25) is 5.95 Å². The van der Waals surface area contributed by atoms with Crippen molar-refractivity contribution in [2.75, 3.05) is 5.73 Å². The van der Waals surface area contributed by atoms with Gasteiger partial charge in [-0.05, 0) is 0 Å². The molecule has 3 heterocycles. The van der Waals surface area contributed by atoms with Crippen molar-refractivity contribution in [3.05, 3.63) is 30.6 Å².